The number of carbonyl (C=O) groups is 1. The molecule has 1 aliphatic heterocycles. The van der Waals surface area contributed by atoms with Crippen LogP contribution in [0.5, 0.6) is 0 Å². The second-order valence-corrected chi connectivity index (χ2v) is 5.12. The molecular weight excluding hydrogens is 232 g/mol. The van der Waals surface area contributed by atoms with Crippen molar-refractivity contribution in [1.82, 2.24) is 10.2 Å². The third-order valence-corrected chi connectivity index (χ3v) is 3.82. The molecule has 1 amide bonds. The Morgan fingerprint density at radius 3 is 2.73 bits per heavy atom. The van der Waals surface area contributed by atoms with E-state index < -0.39 is 0 Å². The molecule has 1 saturated carbocycles. The van der Waals surface area contributed by atoms with E-state index in [9.17, 15) is 4.79 Å². The number of likely N-dealkylation sites (N-methyl/N-ethyl adjacent to an activating group) is 1. The van der Waals surface area contributed by atoms with Crippen LogP contribution in [0.1, 0.15) is 19.8 Å². The number of nitrogens with one attached hydrogen (secondary N) is 1. The van der Waals surface area contributed by atoms with Gasteiger partial charge in [0.1, 0.15) is 0 Å². The molecule has 88 valence electrons. The van der Waals surface area contributed by atoms with Crippen molar-refractivity contribution in [3.63, 3.8) is 0 Å². The quantitative estimate of drug-likeness (QED) is 0.817. The average molecular weight is 251 g/mol. The maximum atomic E-state index is 12.0. The first-order valence-electron chi connectivity index (χ1n) is 5.41. The molecule has 2 aliphatic rings. The van der Waals surface area contributed by atoms with Gasteiger partial charge in [0.05, 0.1) is 6.04 Å². The van der Waals surface area contributed by atoms with Crippen molar-refractivity contribution < 1.29 is 4.79 Å². The fourth-order valence-electron chi connectivity index (χ4n) is 1.76. The first kappa shape index (κ1) is 13.1. The second-order valence-electron chi connectivity index (χ2n) is 4.09. The molecule has 1 unspecified atom stereocenters. The van der Waals surface area contributed by atoms with Crippen LogP contribution in [0.15, 0.2) is 0 Å². The highest BCUT2D eigenvalue weighted by atomic mass is 35.5. The lowest BCUT2D eigenvalue weighted by Gasteiger charge is -2.23. The maximum Gasteiger partial charge on any atom is 0.240 e. The number of carbonyl (C=O) groups excluding carboxylic acids is 1. The number of rotatable bonds is 4. The Labute approximate surface area is 102 Å². The van der Waals surface area contributed by atoms with Crippen LogP contribution in [0.25, 0.3) is 0 Å². The lowest BCUT2D eigenvalue weighted by Crippen LogP contribution is -2.45. The Morgan fingerprint density at radius 2 is 2.27 bits per heavy atom. The van der Waals surface area contributed by atoms with Crippen LogP contribution < -0.4 is 5.32 Å². The van der Waals surface area contributed by atoms with Crippen molar-refractivity contribution in [3.8, 4) is 0 Å². The zero-order valence-corrected chi connectivity index (χ0v) is 10.7. The molecule has 1 saturated heterocycles. The number of amides is 1. The first-order valence-corrected chi connectivity index (χ1v) is 6.56. The van der Waals surface area contributed by atoms with Gasteiger partial charge in [0, 0.05) is 24.7 Å². The van der Waals surface area contributed by atoms with Crippen molar-refractivity contribution in [2.45, 2.75) is 25.8 Å². The van der Waals surface area contributed by atoms with Gasteiger partial charge in [0.2, 0.25) is 5.91 Å². The molecule has 1 heterocycles. The minimum absolute atomic E-state index is 0. The molecular formula is C10H19ClN2OS. The van der Waals surface area contributed by atoms with E-state index in [1.165, 1.54) is 12.8 Å². The van der Waals surface area contributed by atoms with E-state index in [-0.39, 0.29) is 18.4 Å². The molecule has 0 aromatic rings. The fraction of sp³-hybridized carbons (Fsp3) is 0.900. The third-order valence-electron chi connectivity index (χ3n) is 2.88. The predicted octanol–water partition coefficient (Wildman–Crippen LogP) is 1.33. The van der Waals surface area contributed by atoms with Crippen molar-refractivity contribution in [1.29, 1.82) is 0 Å². The molecule has 2 rings (SSSR count). The fourth-order valence-corrected chi connectivity index (χ4v) is 2.69. The molecule has 0 spiro atoms. The number of thioether (sulfide) groups is 1. The Balaban J connectivity index is 0.00000112. The van der Waals surface area contributed by atoms with E-state index in [2.05, 4.69) is 12.2 Å². The van der Waals surface area contributed by atoms with Gasteiger partial charge in [0.15, 0.2) is 0 Å². The van der Waals surface area contributed by atoms with Crippen LogP contribution in [-0.2, 0) is 4.79 Å². The van der Waals surface area contributed by atoms with Crippen LogP contribution in [0, 0.1) is 5.92 Å². The Kier molecular flexibility index (Phi) is 5.23. The molecule has 3 nitrogen and oxygen atoms in total. The summed E-state index contributed by atoms with van der Waals surface area (Å²) < 4.78 is 0. The van der Waals surface area contributed by atoms with Crippen LogP contribution in [0.4, 0.5) is 0 Å². The molecule has 1 N–H and O–H groups in total. The van der Waals surface area contributed by atoms with Gasteiger partial charge in [-0.15, -0.1) is 24.2 Å². The van der Waals surface area contributed by atoms with Gasteiger partial charge in [-0.2, -0.15) is 0 Å². The van der Waals surface area contributed by atoms with E-state index in [1.54, 1.807) is 0 Å². The van der Waals surface area contributed by atoms with Crippen molar-refractivity contribution >= 4 is 30.1 Å². The van der Waals surface area contributed by atoms with Gasteiger partial charge in [-0.05, 0) is 25.7 Å². The SMILES string of the molecule is CCN(CC1CC1)C(=O)C1CSCN1.Cl. The number of hydrogen-bond donors (Lipinski definition) is 1. The topological polar surface area (TPSA) is 32.3 Å². The summed E-state index contributed by atoms with van der Waals surface area (Å²) in [4.78, 5) is 14.0. The zero-order chi connectivity index (χ0) is 9.97. The third kappa shape index (κ3) is 3.54. The van der Waals surface area contributed by atoms with E-state index in [0.29, 0.717) is 5.91 Å². The van der Waals surface area contributed by atoms with Gasteiger partial charge in [0.25, 0.3) is 0 Å². The van der Waals surface area contributed by atoms with Crippen LogP contribution in [-0.4, -0.2) is 41.6 Å². The highest BCUT2D eigenvalue weighted by Gasteiger charge is 2.30. The summed E-state index contributed by atoms with van der Waals surface area (Å²) in [6.07, 6.45) is 2.63. The lowest BCUT2D eigenvalue weighted by atomic mass is 10.2. The van der Waals surface area contributed by atoms with E-state index in [4.69, 9.17) is 0 Å². The van der Waals surface area contributed by atoms with Crippen molar-refractivity contribution in [3.05, 3.63) is 0 Å². The second kappa shape index (κ2) is 5.97. The minimum atomic E-state index is 0. The average Bonchev–Trinajstić information content (AvgIpc) is 2.84. The van der Waals surface area contributed by atoms with E-state index in [0.717, 1.165) is 30.6 Å². The Morgan fingerprint density at radius 1 is 1.53 bits per heavy atom. The minimum Gasteiger partial charge on any atom is -0.341 e. The molecule has 0 aromatic heterocycles. The molecule has 0 radical (unpaired) electrons. The van der Waals surface area contributed by atoms with Gasteiger partial charge < -0.3 is 4.90 Å². The molecule has 1 aliphatic carbocycles. The largest absolute Gasteiger partial charge is 0.341 e. The van der Waals surface area contributed by atoms with Crippen molar-refractivity contribution in [2.24, 2.45) is 5.92 Å². The van der Waals surface area contributed by atoms with E-state index >= 15 is 0 Å². The molecule has 0 bridgehead atoms. The van der Waals surface area contributed by atoms with Gasteiger partial charge in [-0.3, -0.25) is 10.1 Å². The summed E-state index contributed by atoms with van der Waals surface area (Å²) in [7, 11) is 0. The standard InChI is InChI=1S/C10H18N2OS.ClH/c1-2-12(5-8-3-4-8)10(13)9-6-14-7-11-9;/h8-9,11H,2-7H2,1H3;1H. The molecule has 2 fully saturated rings. The van der Waals surface area contributed by atoms with Crippen LogP contribution in [0.3, 0.4) is 0 Å². The Hall–Kier alpha value is 0.0700. The monoisotopic (exact) mass is 250 g/mol. The van der Waals surface area contributed by atoms with Crippen LogP contribution >= 0.6 is 24.2 Å². The van der Waals surface area contributed by atoms with Gasteiger partial charge in [-0.1, -0.05) is 0 Å². The number of hydrogen-bond acceptors (Lipinski definition) is 3. The summed E-state index contributed by atoms with van der Waals surface area (Å²) in [6, 6.07) is 0.0821. The van der Waals surface area contributed by atoms with E-state index in [1.807, 2.05) is 16.7 Å². The van der Waals surface area contributed by atoms with Gasteiger partial charge >= 0.3 is 0 Å². The molecule has 5 heteroatoms. The molecule has 15 heavy (non-hydrogen) atoms. The number of nitrogens with zero attached hydrogens (tertiary/aromatic N) is 1. The van der Waals surface area contributed by atoms with Gasteiger partial charge in [-0.25, -0.2) is 0 Å². The first-order chi connectivity index (χ1) is 6.81. The summed E-state index contributed by atoms with van der Waals surface area (Å²) in [5.74, 6) is 2.98. The molecule has 0 aromatic carbocycles. The summed E-state index contributed by atoms with van der Waals surface area (Å²) in [6.45, 7) is 3.92. The summed E-state index contributed by atoms with van der Waals surface area (Å²) in [5.41, 5.74) is 0. The van der Waals surface area contributed by atoms with Crippen LogP contribution in [0.2, 0.25) is 0 Å². The summed E-state index contributed by atoms with van der Waals surface area (Å²) >= 11 is 1.81. The predicted molar refractivity (Wildman–Crippen MR) is 66.5 cm³/mol. The normalized spacial score (nSPS) is 24.7. The Bertz CT molecular complexity index is 217. The van der Waals surface area contributed by atoms with Crippen molar-refractivity contribution in [2.75, 3.05) is 24.7 Å². The maximum absolute atomic E-state index is 12.0. The lowest BCUT2D eigenvalue weighted by molar-refractivity contribution is -0.132. The highest BCUT2D eigenvalue weighted by molar-refractivity contribution is 7.99. The smallest absolute Gasteiger partial charge is 0.240 e. The molecule has 1 atom stereocenters. The summed E-state index contributed by atoms with van der Waals surface area (Å²) in [5, 5.41) is 3.24. The number of halogens is 1. The highest BCUT2D eigenvalue weighted by Crippen LogP contribution is 2.30. The zero-order valence-electron chi connectivity index (χ0n) is 9.07.